The highest BCUT2D eigenvalue weighted by Gasteiger charge is 2.15. The smallest absolute Gasteiger partial charge is 0.331 e. The minimum absolute atomic E-state index is 0.243. The third-order valence-electron chi connectivity index (χ3n) is 3.36. The predicted molar refractivity (Wildman–Crippen MR) is 90.3 cm³/mol. The van der Waals surface area contributed by atoms with E-state index in [1.807, 2.05) is 0 Å². The topological polar surface area (TPSA) is 61.8 Å². The Balaban J connectivity index is 2.00. The number of esters is 1. The van der Waals surface area contributed by atoms with E-state index in [1.54, 1.807) is 24.3 Å². The molecule has 0 aromatic heterocycles. The summed E-state index contributed by atoms with van der Waals surface area (Å²) in [4.78, 5) is 23.9. The molecule has 25 heavy (non-hydrogen) atoms. The number of ketones is 1. The van der Waals surface area contributed by atoms with Crippen molar-refractivity contribution in [2.75, 3.05) is 20.8 Å². The zero-order chi connectivity index (χ0) is 18.2. The first-order valence-electron chi connectivity index (χ1n) is 7.39. The largest absolute Gasteiger partial charge is 0.497 e. The third kappa shape index (κ3) is 4.91. The lowest BCUT2D eigenvalue weighted by molar-refractivity contribution is -0.136. The molecule has 0 spiro atoms. The number of benzene rings is 2. The number of halogens is 1. The molecule has 6 heteroatoms. The van der Waals surface area contributed by atoms with Gasteiger partial charge in [-0.05, 0) is 30.3 Å². The highest BCUT2D eigenvalue weighted by Crippen LogP contribution is 2.24. The van der Waals surface area contributed by atoms with Gasteiger partial charge in [0.15, 0.2) is 6.61 Å². The predicted octanol–water partition coefficient (Wildman–Crippen LogP) is 3.28. The van der Waals surface area contributed by atoms with Crippen molar-refractivity contribution in [3.63, 3.8) is 0 Å². The minimum atomic E-state index is -0.751. The molecule has 0 saturated carbocycles. The van der Waals surface area contributed by atoms with Gasteiger partial charge in [0.2, 0.25) is 5.78 Å². The molecular weight excluding hydrogens is 327 g/mol. The van der Waals surface area contributed by atoms with Gasteiger partial charge in [0.05, 0.1) is 19.8 Å². The van der Waals surface area contributed by atoms with Crippen molar-refractivity contribution in [1.29, 1.82) is 0 Å². The molecule has 0 unspecified atom stereocenters. The Morgan fingerprint density at radius 2 is 1.84 bits per heavy atom. The lowest BCUT2D eigenvalue weighted by atomic mass is 10.1. The summed E-state index contributed by atoms with van der Waals surface area (Å²) < 4.78 is 28.5. The average Bonchev–Trinajstić information content (AvgIpc) is 2.64. The SMILES string of the molecule is COc1ccc(OC)c(C(=O)COC(=O)/C=C/c2ccccc2F)c1. The second-order valence-corrected chi connectivity index (χ2v) is 4.95. The quantitative estimate of drug-likeness (QED) is 0.438. The summed E-state index contributed by atoms with van der Waals surface area (Å²) in [7, 11) is 2.91. The monoisotopic (exact) mass is 344 g/mol. The lowest BCUT2D eigenvalue weighted by Crippen LogP contribution is -2.13. The first-order valence-corrected chi connectivity index (χ1v) is 7.39. The Morgan fingerprint density at radius 3 is 2.52 bits per heavy atom. The number of carbonyl (C=O) groups is 2. The van der Waals surface area contributed by atoms with Crippen LogP contribution in [-0.4, -0.2) is 32.6 Å². The molecule has 0 radical (unpaired) electrons. The zero-order valence-corrected chi connectivity index (χ0v) is 13.8. The van der Waals surface area contributed by atoms with Gasteiger partial charge in [-0.2, -0.15) is 0 Å². The summed E-state index contributed by atoms with van der Waals surface area (Å²) in [5.74, 6) is -0.815. The first-order chi connectivity index (χ1) is 12.0. The summed E-state index contributed by atoms with van der Waals surface area (Å²) in [6.07, 6.45) is 2.35. The molecule has 0 heterocycles. The van der Waals surface area contributed by atoms with Gasteiger partial charge < -0.3 is 14.2 Å². The van der Waals surface area contributed by atoms with Crippen LogP contribution < -0.4 is 9.47 Å². The van der Waals surface area contributed by atoms with E-state index in [1.165, 1.54) is 38.5 Å². The van der Waals surface area contributed by atoms with E-state index in [4.69, 9.17) is 14.2 Å². The van der Waals surface area contributed by atoms with Crippen LogP contribution in [0.1, 0.15) is 15.9 Å². The molecule has 0 atom stereocenters. The molecule has 2 aromatic rings. The van der Waals surface area contributed by atoms with Crippen molar-refractivity contribution in [3.05, 3.63) is 65.5 Å². The number of carbonyl (C=O) groups excluding carboxylic acids is 2. The Hall–Kier alpha value is -3.15. The molecular formula is C19H17FO5. The fourth-order valence-corrected chi connectivity index (χ4v) is 2.06. The van der Waals surface area contributed by atoms with Crippen LogP contribution in [0.5, 0.6) is 11.5 Å². The average molecular weight is 344 g/mol. The molecule has 0 fully saturated rings. The zero-order valence-electron chi connectivity index (χ0n) is 13.8. The number of rotatable bonds is 7. The minimum Gasteiger partial charge on any atom is -0.497 e. The molecule has 0 aliphatic carbocycles. The highest BCUT2D eigenvalue weighted by atomic mass is 19.1. The fraction of sp³-hybridized carbons (Fsp3) is 0.158. The first kappa shape index (κ1) is 18.2. The van der Waals surface area contributed by atoms with Crippen molar-refractivity contribution >= 4 is 17.8 Å². The summed E-state index contributed by atoms with van der Waals surface area (Å²) in [6, 6.07) is 10.7. The maximum Gasteiger partial charge on any atom is 0.331 e. The van der Waals surface area contributed by atoms with Gasteiger partial charge in [0.1, 0.15) is 17.3 Å². The van der Waals surface area contributed by atoms with Gasteiger partial charge in [0.25, 0.3) is 0 Å². The molecule has 130 valence electrons. The van der Waals surface area contributed by atoms with Crippen LogP contribution in [0.25, 0.3) is 6.08 Å². The molecule has 0 amide bonds. The van der Waals surface area contributed by atoms with E-state index < -0.39 is 24.2 Å². The normalized spacial score (nSPS) is 10.5. The van der Waals surface area contributed by atoms with E-state index >= 15 is 0 Å². The molecule has 0 N–H and O–H groups in total. The van der Waals surface area contributed by atoms with Crippen LogP contribution in [0.2, 0.25) is 0 Å². The van der Waals surface area contributed by atoms with Crippen LogP contribution >= 0.6 is 0 Å². The van der Waals surface area contributed by atoms with Gasteiger partial charge in [-0.1, -0.05) is 18.2 Å². The maximum atomic E-state index is 13.4. The Morgan fingerprint density at radius 1 is 1.08 bits per heavy atom. The molecule has 0 aliphatic heterocycles. The van der Waals surface area contributed by atoms with E-state index in [0.29, 0.717) is 11.5 Å². The van der Waals surface area contributed by atoms with E-state index in [-0.39, 0.29) is 11.1 Å². The second-order valence-electron chi connectivity index (χ2n) is 4.95. The van der Waals surface area contributed by atoms with Crippen molar-refractivity contribution < 1.29 is 28.2 Å². The van der Waals surface area contributed by atoms with Crippen LogP contribution in [0.4, 0.5) is 4.39 Å². The molecule has 0 saturated heterocycles. The molecule has 0 bridgehead atoms. The van der Waals surface area contributed by atoms with Crippen molar-refractivity contribution in [1.82, 2.24) is 0 Å². The van der Waals surface area contributed by atoms with Crippen molar-refractivity contribution in [3.8, 4) is 11.5 Å². The second kappa shape index (κ2) is 8.63. The maximum absolute atomic E-state index is 13.4. The van der Waals surface area contributed by atoms with Gasteiger partial charge >= 0.3 is 5.97 Å². The summed E-state index contributed by atoms with van der Waals surface area (Å²) in [6.45, 7) is -0.468. The van der Waals surface area contributed by atoms with Crippen LogP contribution in [0.3, 0.4) is 0 Å². The van der Waals surface area contributed by atoms with E-state index in [2.05, 4.69) is 0 Å². The van der Waals surface area contributed by atoms with Gasteiger partial charge in [-0.3, -0.25) is 4.79 Å². The number of Topliss-reactive ketones (excluding diaryl/α,β-unsaturated/α-hetero) is 1. The Kier molecular flexibility index (Phi) is 6.28. The summed E-state index contributed by atoms with van der Waals surface area (Å²) in [5, 5.41) is 0. The number of methoxy groups -OCH3 is 2. The van der Waals surface area contributed by atoms with Crippen LogP contribution in [0.15, 0.2) is 48.5 Å². The Labute approximate surface area is 144 Å². The van der Waals surface area contributed by atoms with Crippen LogP contribution in [-0.2, 0) is 9.53 Å². The molecule has 0 aliphatic rings. The molecule has 5 nitrogen and oxygen atoms in total. The van der Waals surface area contributed by atoms with Gasteiger partial charge in [-0.25, -0.2) is 9.18 Å². The highest BCUT2D eigenvalue weighted by molar-refractivity contribution is 6.01. The third-order valence-corrected chi connectivity index (χ3v) is 3.36. The van der Waals surface area contributed by atoms with Crippen molar-refractivity contribution in [2.45, 2.75) is 0 Å². The van der Waals surface area contributed by atoms with Crippen LogP contribution in [0, 0.1) is 5.82 Å². The number of hydrogen-bond acceptors (Lipinski definition) is 5. The van der Waals surface area contributed by atoms with E-state index in [0.717, 1.165) is 6.08 Å². The number of ether oxygens (including phenoxy) is 3. The molecule has 2 aromatic carbocycles. The van der Waals surface area contributed by atoms with Gasteiger partial charge in [0, 0.05) is 11.6 Å². The van der Waals surface area contributed by atoms with E-state index in [9.17, 15) is 14.0 Å². The number of hydrogen-bond donors (Lipinski definition) is 0. The summed E-state index contributed by atoms with van der Waals surface area (Å²) >= 11 is 0. The summed E-state index contributed by atoms with van der Waals surface area (Å²) in [5.41, 5.74) is 0.493. The molecule has 2 rings (SSSR count). The fourth-order valence-electron chi connectivity index (χ4n) is 2.06. The van der Waals surface area contributed by atoms with Crippen molar-refractivity contribution in [2.24, 2.45) is 0 Å². The van der Waals surface area contributed by atoms with Gasteiger partial charge in [-0.15, -0.1) is 0 Å². The Bertz CT molecular complexity index is 798. The standard InChI is InChI=1S/C19H17FO5/c1-23-14-8-9-18(24-2)15(11-14)17(21)12-25-19(22)10-7-13-5-3-4-6-16(13)20/h3-11H,12H2,1-2H3/b10-7+. The lowest BCUT2D eigenvalue weighted by Gasteiger charge is -2.09.